The van der Waals surface area contributed by atoms with Gasteiger partial charge in [-0.25, -0.2) is 0 Å². The number of nitrogens with zero attached hydrogens (tertiary/aromatic N) is 3. The van der Waals surface area contributed by atoms with Gasteiger partial charge in [-0.2, -0.15) is 0 Å². The molecule has 1 rings (SSSR count). The van der Waals surface area contributed by atoms with Gasteiger partial charge in [0.1, 0.15) is 12.2 Å². The van der Waals surface area contributed by atoms with E-state index >= 15 is 0 Å². The van der Waals surface area contributed by atoms with Crippen molar-refractivity contribution >= 4 is 11.9 Å². The van der Waals surface area contributed by atoms with Crippen molar-refractivity contribution in [2.75, 3.05) is 7.11 Å². The first-order chi connectivity index (χ1) is 7.19. The monoisotopic (exact) mass is 209 g/mol. The third-order valence-electron chi connectivity index (χ3n) is 1.64. The molecule has 0 saturated heterocycles. The Morgan fingerprint density at radius 1 is 1.67 bits per heavy atom. The van der Waals surface area contributed by atoms with Crippen LogP contribution in [0.4, 0.5) is 0 Å². The summed E-state index contributed by atoms with van der Waals surface area (Å²) in [4.78, 5) is 24.4. The highest BCUT2D eigenvalue weighted by molar-refractivity contribution is 5.96. The van der Waals surface area contributed by atoms with Gasteiger partial charge in [0.2, 0.25) is 0 Å². The highest BCUT2D eigenvalue weighted by Crippen LogP contribution is 2.13. The summed E-state index contributed by atoms with van der Waals surface area (Å²) in [7, 11) is 1.22. The largest absolute Gasteiger partial charge is 0.469 e. The van der Waals surface area contributed by atoms with E-state index in [1.165, 1.54) is 19.4 Å². The topological polar surface area (TPSA) is 105 Å². The molecule has 7 nitrogen and oxygen atoms in total. The molecule has 1 aromatic rings. The van der Waals surface area contributed by atoms with E-state index in [9.17, 15) is 9.59 Å². The molecule has 0 spiro atoms. The first-order valence-corrected chi connectivity index (χ1v) is 3.91. The van der Waals surface area contributed by atoms with Gasteiger partial charge in [-0.1, -0.05) is 0 Å². The van der Waals surface area contributed by atoms with Crippen molar-refractivity contribution < 1.29 is 18.7 Å². The van der Waals surface area contributed by atoms with Gasteiger partial charge in [-0.05, 0) is 16.7 Å². The van der Waals surface area contributed by atoms with Gasteiger partial charge < -0.3 is 9.15 Å². The van der Waals surface area contributed by atoms with Crippen molar-refractivity contribution in [1.29, 1.82) is 0 Å². The maximum absolute atomic E-state index is 11.2. The SMILES string of the molecule is COC(=O)Cc1occc1C(=O)N=[N+]=[N-]. The number of rotatable bonds is 3. The van der Waals surface area contributed by atoms with E-state index in [4.69, 9.17) is 9.95 Å². The molecule has 0 aliphatic carbocycles. The zero-order valence-corrected chi connectivity index (χ0v) is 7.84. The lowest BCUT2D eigenvalue weighted by Gasteiger charge is -1.97. The number of carbonyl (C=O) groups excluding carboxylic acids is 2. The summed E-state index contributed by atoms with van der Waals surface area (Å²) in [6, 6.07) is 1.33. The third kappa shape index (κ3) is 2.58. The number of amides is 1. The molecule has 1 heterocycles. The lowest BCUT2D eigenvalue weighted by atomic mass is 10.2. The predicted molar refractivity (Wildman–Crippen MR) is 47.9 cm³/mol. The second kappa shape index (κ2) is 4.83. The molecule has 0 atom stereocenters. The average molecular weight is 209 g/mol. The fourth-order valence-electron chi connectivity index (χ4n) is 0.966. The lowest BCUT2D eigenvalue weighted by molar-refractivity contribution is -0.140. The summed E-state index contributed by atoms with van der Waals surface area (Å²) in [6.07, 6.45) is 1.06. The van der Waals surface area contributed by atoms with E-state index in [0.717, 1.165) is 0 Å². The summed E-state index contributed by atoms with van der Waals surface area (Å²) >= 11 is 0. The van der Waals surface area contributed by atoms with Crippen molar-refractivity contribution in [2.45, 2.75) is 6.42 Å². The predicted octanol–water partition coefficient (Wildman–Crippen LogP) is 1.45. The maximum atomic E-state index is 11.2. The molecule has 0 saturated carbocycles. The van der Waals surface area contributed by atoms with Crippen LogP contribution in [0.3, 0.4) is 0 Å². The fraction of sp³-hybridized carbons (Fsp3) is 0.250. The second-order valence-corrected chi connectivity index (χ2v) is 2.50. The molecule has 0 unspecified atom stereocenters. The molecule has 1 amide bonds. The molecule has 0 fully saturated rings. The number of hydrogen-bond donors (Lipinski definition) is 0. The minimum Gasteiger partial charge on any atom is -0.469 e. The van der Waals surface area contributed by atoms with Crippen LogP contribution >= 0.6 is 0 Å². The van der Waals surface area contributed by atoms with Crippen LogP contribution in [0.1, 0.15) is 16.1 Å². The summed E-state index contributed by atoms with van der Waals surface area (Å²) in [5, 5.41) is 2.89. The molecule has 0 aromatic carbocycles. The second-order valence-electron chi connectivity index (χ2n) is 2.50. The van der Waals surface area contributed by atoms with Gasteiger partial charge in [-0.3, -0.25) is 9.59 Å². The Hall–Kier alpha value is -2.27. The molecule has 0 aliphatic rings. The van der Waals surface area contributed by atoms with Crippen LogP contribution in [0.2, 0.25) is 0 Å². The number of azide groups is 1. The van der Waals surface area contributed by atoms with Crippen LogP contribution in [-0.4, -0.2) is 19.0 Å². The van der Waals surface area contributed by atoms with Crippen LogP contribution in [0.25, 0.3) is 10.4 Å². The van der Waals surface area contributed by atoms with Crippen LogP contribution in [0, 0.1) is 0 Å². The molecular weight excluding hydrogens is 202 g/mol. The van der Waals surface area contributed by atoms with E-state index in [1.807, 2.05) is 0 Å². The zero-order chi connectivity index (χ0) is 11.3. The van der Waals surface area contributed by atoms with Gasteiger partial charge in [-0.15, -0.1) is 0 Å². The van der Waals surface area contributed by atoms with Gasteiger partial charge >= 0.3 is 5.97 Å². The first-order valence-electron chi connectivity index (χ1n) is 3.91. The Kier molecular flexibility index (Phi) is 3.48. The Bertz CT molecular complexity index is 431. The fourth-order valence-corrected chi connectivity index (χ4v) is 0.966. The van der Waals surface area contributed by atoms with Gasteiger partial charge in [0.05, 0.1) is 18.9 Å². The van der Waals surface area contributed by atoms with Crippen molar-refractivity contribution in [3.8, 4) is 0 Å². The summed E-state index contributed by atoms with van der Waals surface area (Å²) < 4.78 is 9.30. The summed E-state index contributed by atoms with van der Waals surface area (Å²) in [5.74, 6) is -1.20. The van der Waals surface area contributed by atoms with E-state index in [2.05, 4.69) is 14.8 Å². The zero-order valence-electron chi connectivity index (χ0n) is 7.84. The van der Waals surface area contributed by atoms with Crippen LogP contribution in [-0.2, 0) is 16.0 Å². The van der Waals surface area contributed by atoms with Crippen LogP contribution < -0.4 is 0 Å². The molecule has 0 N–H and O–H groups in total. The average Bonchev–Trinajstić information content (AvgIpc) is 2.66. The molecule has 15 heavy (non-hydrogen) atoms. The maximum Gasteiger partial charge on any atom is 0.313 e. The lowest BCUT2D eigenvalue weighted by Crippen LogP contribution is -2.07. The smallest absolute Gasteiger partial charge is 0.313 e. The Morgan fingerprint density at radius 2 is 2.40 bits per heavy atom. The Labute approximate surface area is 84.3 Å². The normalized spacial score (nSPS) is 9.13. The Balaban J connectivity index is 2.91. The number of esters is 1. The standard InChI is InChI=1S/C8H7N3O4/c1-14-7(12)4-6-5(2-3-15-6)8(13)10-11-9/h2-3H,4H2,1H3. The molecule has 0 aliphatic heterocycles. The van der Waals surface area contributed by atoms with E-state index in [-0.39, 0.29) is 17.7 Å². The van der Waals surface area contributed by atoms with Crippen molar-refractivity contribution in [3.05, 3.63) is 34.1 Å². The van der Waals surface area contributed by atoms with Crippen molar-refractivity contribution in [3.63, 3.8) is 0 Å². The van der Waals surface area contributed by atoms with E-state index < -0.39 is 11.9 Å². The summed E-state index contributed by atoms with van der Waals surface area (Å²) in [6.45, 7) is 0. The van der Waals surface area contributed by atoms with Crippen molar-refractivity contribution in [1.82, 2.24) is 0 Å². The molecule has 0 radical (unpaired) electrons. The molecule has 78 valence electrons. The highest BCUT2D eigenvalue weighted by atomic mass is 16.5. The number of ether oxygens (including phenoxy) is 1. The minimum atomic E-state index is -0.787. The van der Waals surface area contributed by atoms with Gasteiger partial charge in [0.15, 0.2) is 0 Å². The number of furan rings is 1. The minimum absolute atomic E-state index is 0.0678. The number of carbonyl (C=O) groups is 2. The molecular formula is C8H7N3O4. The first kappa shape index (κ1) is 10.8. The van der Waals surface area contributed by atoms with Gasteiger partial charge in [0, 0.05) is 4.91 Å². The van der Waals surface area contributed by atoms with E-state index in [0.29, 0.717) is 0 Å². The van der Waals surface area contributed by atoms with Crippen LogP contribution in [0.5, 0.6) is 0 Å². The molecule has 1 aromatic heterocycles. The van der Waals surface area contributed by atoms with Gasteiger partial charge in [0.25, 0.3) is 5.91 Å². The summed E-state index contributed by atoms with van der Waals surface area (Å²) in [5.41, 5.74) is 8.14. The molecule has 0 bridgehead atoms. The number of methoxy groups -OCH3 is 1. The van der Waals surface area contributed by atoms with Crippen molar-refractivity contribution in [2.24, 2.45) is 5.11 Å². The molecule has 7 heteroatoms. The van der Waals surface area contributed by atoms with E-state index in [1.54, 1.807) is 0 Å². The number of hydrogen-bond acceptors (Lipinski definition) is 4. The highest BCUT2D eigenvalue weighted by Gasteiger charge is 2.16. The Morgan fingerprint density at radius 3 is 3.00 bits per heavy atom. The van der Waals surface area contributed by atoms with Crippen LogP contribution in [0.15, 0.2) is 21.9 Å². The quantitative estimate of drug-likeness (QED) is 0.325. The third-order valence-corrected chi connectivity index (χ3v) is 1.64.